The number of aromatic hydroxyl groups is 1. The van der Waals surface area contributed by atoms with Crippen molar-refractivity contribution in [3.63, 3.8) is 0 Å². The lowest BCUT2D eigenvalue weighted by Crippen LogP contribution is -2.56. The summed E-state index contributed by atoms with van der Waals surface area (Å²) >= 11 is 0. The summed E-state index contributed by atoms with van der Waals surface area (Å²) in [5, 5.41) is 13.4. The molecular formula is C33H28N2O9. The Bertz CT molecular complexity index is 1730. The van der Waals surface area contributed by atoms with E-state index >= 15 is 0 Å². The van der Waals surface area contributed by atoms with E-state index in [0.29, 0.717) is 33.9 Å². The highest BCUT2D eigenvalue weighted by Gasteiger charge is 2.57. The first kappa shape index (κ1) is 28.8. The van der Waals surface area contributed by atoms with Crippen molar-refractivity contribution in [2.24, 2.45) is 35.3 Å². The van der Waals surface area contributed by atoms with Crippen molar-refractivity contribution < 1.29 is 43.3 Å². The molecule has 0 aromatic heterocycles. The summed E-state index contributed by atoms with van der Waals surface area (Å²) in [6.07, 6.45) is -0.296. The Morgan fingerprint density at radius 1 is 0.841 bits per heavy atom. The zero-order valence-corrected chi connectivity index (χ0v) is 23.6. The van der Waals surface area contributed by atoms with Crippen molar-refractivity contribution in [2.75, 3.05) is 12.4 Å². The molecule has 5 atom stereocenters. The number of primary amides is 1. The number of methoxy groups -OCH3 is 1. The molecule has 4 N–H and O–H groups in total. The van der Waals surface area contributed by atoms with Gasteiger partial charge in [0.25, 0.3) is 0 Å². The van der Waals surface area contributed by atoms with Crippen LogP contribution in [0.15, 0.2) is 60.7 Å². The van der Waals surface area contributed by atoms with Gasteiger partial charge in [0.1, 0.15) is 17.2 Å². The number of phenols is 1. The molecule has 2 saturated carbocycles. The highest BCUT2D eigenvalue weighted by atomic mass is 16.6. The fraction of sp³-hybridized carbons (Fsp3) is 0.273. The summed E-state index contributed by atoms with van der Waals surface area (Å²) in [5.41, 5.74) is 7.69. The van der Waals surface area contributed by atoms with Crippen molar-refractivity contribution in [1.82, 2.24) is 0 Å². The van der Waals surface area contributed by atoms with Gasteiger partial charge in [-0.25, -0.2) is 4.79 Å². The van der Waals surface area contributed by atoms with Crippen molar-refractivity contribution in [2.45, 2.75) is 19.3 Å². The summed E-state index contributed by atoms with van der Waals surface area (Å²) in [6.45, 7) is 0. The van der Waals surface area contributed by atoms with Gasteiger partial charge in [-0.05, 0) is 83.8 Å². The lowest BCUT2D eigenvalue weighted by molar-refractivity contribution is -0.152. The van der Waals surface area contributed by atoms with Crippen LogP contribution >= 0.6 is 0 Å². The fourth-order valence-corrected chi connectivity index (χ4v) is 6.89. The Hall–Kier alpha value is -5.32. The Morgan fingerprint density at radius 3 is 2.16 bits per heavy atom. The number of nitrogens with one attached hydrogen (secondary N) is 1. The minimum absolute atomic E-state index is 0.0200. The number of benzene rings is 3. The molecule has 6 rings (SSSR count). The van der Waals surface area contributed by atoms with Gasteiger partial charge in [0.05, 0.1) is 24.5 Å². The molecule has 0 spiro atoms. The molecule has 5 unspecified atom stereocenters. The van der Waals surface area contributed by atoms with Crippen molar-refractivity contribution in [3.05, 3.63) is 71.8 Å². The minimum atomic E-state index is -1.68. The van der Waals surface area contributed by atoms with Crippen LogP contribution in [0.1, 0.15) is 28.8 Å². The number of Topliss-reactive ketones (excluding diaryl/α,β-unsaturated/α-hetero) is 4. The van der Waals surface area contributed by atoms with Crippen LogP contribution in [0.4, 0.5) is 10.5 Å². The van der Waals surface area contributed by atoms with E-state index in [-0.39, 0.29) is 30.6 Å². The molecule has 2 amide bonds. The number of hydrogen-bond donors (Lipinski definition) is 3. The molecule has 3 aromatic rings. The van der Waals surface area contributed by atoms with Crippen LogP contribution in [0.3, 0.4) is 0 Å². The summed E-state index contributed by atoms with van der Waals surface area (Å²) in [4.78, 5) is 77.1. The maximum Gasteiger partial charge on any atom is 0.417 e. The zero-order chi connectivity index (χ0) is 31.3. The van der Waals surface area contributed by atoms with E-state index < -0.39 is 64.7 Å². The molecule has 2 fully saturated rings. The molecule has 44 heavy (non-hydrogen) atoms. The first-order valence-electron chi connectivity index (χ1n) is 14.1. The molecular weight excluding hydrogens is 568 g/mol. The number of ketones is 4. The summed E-state index contributed by atoms with van der Waals surface area (Å²) in [6, 6.07) is 16.4. The second-order valence-corrected chi connectivity index (χ2v) is 11.3. The van der Waals surface area contributed by atoms with E-state index in [1.807, 2.05) is 0 Å². The Kier molecular flexibility index (Phi) is 7.24. The lowest BCUT2D eigenvalue weighted by atomic mass is 9.56. The van der Waals surface area contributed by atoms with Crippen molar-refractivity contribution >= 4 is 40.8 Å². The van der Waals surface area contributed by atoms with Gasteiger partial charge in [-0.3, -0.25) is 29.3 Å². The Balaban J connectivity index is 1.24. The highest BCUT2D eigenvalue weighted by molar-refractivity contribution is 6.27. The second-order valence-electron chi connectivity index (χ2n) is 11.3. The normalized spacial score (nSPS) is 24.1. The van der Waals surface area contributed by atoms with Crippen LogP contribution in [0.2, 0.25) is 0 Å². The molecule has 3 aliphatic carbocycles. The van der Waals surface area contributed by atoms with E-state index in [1.54, 1.807) is 54.6 Å². The van der Waals surface area contributed by atoms with E-state index in [0.717, 1.165) is 0 Å². The number of carbonyl (C=O) groups excluding carboxylic acids is 6. The predicted molar refractivity (Wildman–Crippen MR) is 155 cm³/mol. The monoisotopic (exact) mass is 596 g/mol. The minimum Gasteiger partial charge on any atom is -0.507 e. The van der Waals surface area contributed by atoms with Crippen LogP contribution < -0.4 is 20.5 Å². The average molecular weight is 597 g/mol. The standard InChI is InChI=1S/C33H28N2O9/c1-43-19-6-8-20(9-7-19)44-33(42)35-18-4-2-15(3-5-18)21-10-11-23(36)27-22(21)13-16-12-17-14-24(37)28(32(34)41)31(40)26(17)29(38)25(16)30(27)39/h2-11,16-17,25-26,28,36H,12-14H2,1H3,(H2,34,41)(H,35,42). The molecule has 3 aromatic carbocycles. The van der Waals surface area contributed by atoms with E-state index in [1.165, 1.54) is 13.2 Å². The molecule has 11 heteroatoms. The number of hydrogen-bond acceptors (Lipinski definition) is 9. The van der Waals surface area contributed by atoms with Crippen LogP contribution in [0.5, 0.6) is 17.2 Å². The topological polar surface area (TPSA) is 179 Å². The quantitative estimate of drug-likeness (QED) is 0.372. The SMILES string of the molecule is COc1ccc(OC(=O)Nc2ccc(-c3ccc(O)c4c3CC3CC5CC(=O)C(C(N)=O)C(=O)C5C(=O)C3C4=O)cc2)cc1. The van der Waals surface area contributed by atoms with Gasteiger partial charge < -0.3 is 20.3 Å². The van der Waals surface area contributed by atoms with Crippen LogP contribution in [0, 0.1) is 29.6 Å². The summed E-state index contributed by atoms with van der Waals surface area (Å²) in [5.74, 6) is -8.24. The second kappa shape index (κ2) is 11.1. The molecule has 0 aliphatic heterocycles. The van der Waals surface area contributed by atoms with Gasteiger partial charge in [0.2, 0.25) is 5.91 Å². The van der Waals surface area contributed by atoms with Crippen molar-refractivity contribution in [3.8, 4) is 28.4 Å². The van der Waals surface area contributed by atoms with Gasteiger partial charge in [0, 0.05) is 12.1 Å². The van der Waals surface area contributed by atoms with Crippen LogP contribution in [-0.2, 0) is 25.6 Å². The molecule has 0 saturated heterocycles. The van der Waals surface area contributed by atoms with Crippen LogP contribution in [0.25, 0.3) is 11.1 Å². The summed E-state index contributed by atoms with van der Waals surface area (Å²) < 4.78 is 10.4. The number of amides is 2. The Morgan fingerprint density at radius 2 is 1.50 bits per heavy atom. The number of rotatable bonds is 5. The lowest BCUT2D eigenvalue weighted by Gasteiger charge is -2.44. The van der Waals surface area contributed by atoms with Gasteiger partial charge in [-0.2, -0.15) is 0 Å². The maximum atomic E-state index is 13.8. The van der Waals surface area contributed by atoms with Gasteiger partial charge in [-0.15, -0.1) is 0 Å². The molecule has 0 heterocycles. The van der Waals surface area contributed by atoms with Crippen LogP contribution in [-0.4, -0.2) is 47.3 Å². The highest BCUT2D eigenvalue weighted by Crippen LogP contribution is 2.49. The number of nitrogens with two attached hydrogens (primary N) is 1. The number of carbonyl (C=O) groups is 6. The molecule has 0 radical (unpaired) electrons. The van der Waals surface area contributed by atoms with E-state index in [9.17, 15) is 33.9 Å². The maximum absolute atomic E-state index is 13.8. The van der Waals surface area contributed by atoms with Gasteiger partial charge in [0.15, 0.2) is 29.1 Å². The number of phenolic OH excluding ortho intramolecular Hbond substituents is 1. The van der Waals surface area contributed by atoms with Gasteiger partial charge >= 0.3 is 6.09 Å². The smallest absolute Gasteiger partial charge is 0.417 e. The van der Waals surface area contributed by atoms with E-state index in [2.05, 4.69) is 5.32 Å². The number of fused-ring (bicyclic) bond motifs is 3. The molecule has 3 aliphatic rings. The van der Waals surface area contributed by atoms with Gasteiger partial charge in [-0.1, -0.05) is 18.2 Å². The zero-order valence-electron chi connectivity index (χ0n) is 23.6. The summed E-state index contributed by atoms with van der Waals surface area (Å²) in [7, 11) is 1.53. The molecule has 11 nitrogen and oxygen atoms in total. The number of ether oxygens (including phenoxy) is 2. The van der Waals surface area contributed by atoms with Crippen molar-refractivity contribution in [1.29, 1.82) is 0 Å². The first-order chi connectivity index (χ1) is 21.1. The third-order valence-electron chi connectivity index (χ3n) is 8.82. The Labute approximate surface area is 251 Å². The largest absolute Gasteiger partial charge is 0.507 e. The first-order valence-corrected chi connectivity index (χ1v) is 14.1. The molecule has 0 bridgehead atoms. The third-order valence-corrected chi connectivity index (χ3v) is 8.82. The predicted octanol–water partition coefficient (Wildman–Crippen LogP) is 3.50. The fourth-order valence-electron chi connectivity index (χ4n) is 6.89. The number of anilines is 1. The molecule has 224 valence electrons. The van der Waals surface area contributed by atoms with E-state index in [4.69, 9.17) is 15.2 Å². The third kappa shape index (κ3) is 4.89. The average Bonchev–Trinajstić information content (AvgIpc) is 2.97.